The van der Waals surface area contributed by atoms with Crippen LogP contribution in [0, 0.1) is 18.8 Å². The maximum Gasteiger partial charge on any atom is 0.416 e. The molecule has 0 unspecified atom stereocenters. The Hall–Kier alpha value is -4.73. The van der Waals surface area contributed by atoms with Crippen molar-refractivity contribution in [2.75, 3.05) is 43.9 Å². The lowest BCUT2D eigenvalue weighted by Gasteiger charge is -2.33. The number of aryl methyl sites for hydroxylation is 1. The Morgan fingerprint density at radius 3 is 2.30 bits per heavy atom. The number of benzene rings is 2. The Balaban J connectivity index is 1.26. The zero-order valence-corrected chi connectivity index (χ0v) is 26.5. The molecule has 0 radical (unpaired) electrons. The van der Waals surface area contributed by atoms with E-state index in [0.29, 0.717) is 30.2 Å². The Bertz CT molecular complexity index is 1760. The number of nitrogens with one attached hydrogen (secondary N) is 2. The van der Waals surface area contributed by atoms with Gasteiger partial charge in [0.1, 0.15) is 0 Å². The maximum atomic E-state index is 14.0. The third-order valence-electron chi connectivity index (χ3n) is 7.68. The number of likely N-dealkylation sites (N-methyl/N-ethyl adjacent to an activating group) is 1. The maximum absolute atomic E-state index is 14.0. The molecule has 240 valence electrons. The average Bonchev–Trinajstić information content (AvgIpc) is 3.48. The zero-order valence-electron chi connectivity index (χ0n) is 26.5. The Morgan fingerprint density at radius 2 is 1.65 bits per heavy atom. The van der Waals surface area contributed by atoms with E-state index in [1.807, 2.05) is 29.7 Å². The van der Waals surface area contributed by atoms with Crippen molar-refractivity contribution in [1.82, 2.24) is 29.5 Å². The summed E-state index contributed by atoms with van der Waals surface area (Å²) in [5, 5.41) is 10.1. The minimum Gasteiger partial charge on any atom is -0.322 e. The highest BCUT2D eigenvalue weighted by Gasteiger charge is 2.34. The summed E-state index contributed by atoms with van der Waals surface area (Å²) in [6.07, 6.45) is 2.21. The third kappa shape index (κ3) is 8.29. The first-order valence-electron chi connectivity index (χ1n) is 14.9. The molecule has 4 aromatic rings. The van der Waals surface area contributed by atoms with E-state index in [1.165, 1.54) is 12.1 Å². The molecule has 1 fully saturated rings. The number of aromatic nitrogens is 4. The predicted molar refractivity (Wildman–Crippen MR) is 172 cm³/mol. The molecule has 1 aliphatic heterocycles. The van der Waals surface area contributed by atoms with Gasteiger partial charge in [-0.25, -0.2) is 9.97 Å². The van der Waals surface area contributed by atoms with Crippen molar-refractivity contribution < 1.29 is 18.0 Å². The number of nitrogens with zero attached hydrogens (tertiary/aromatic N) is 6. The fraction of sp³-hybridized carbons (Fsp3) is 0.353. The van der Waals surface area contributed by atoms with E-state index in [9.17, 15) is 18.0 Å². The van der Waals surface area contributed by atoms with Gasteiger partial charge in [-0.1, -0.05) is 24.0 Å². The number of carbonyl (C=O) groups excluding carboxylic acids is 1. The molecule has 1 saturated heterocycles. The van der Waals surface area contributed by atoms with Gasteiger partial charge in [0.15, 0.2) is 0 Å². The summed E-state index contributed by atoms with van der Waals surface area (Å²) in [6, 6.07) is 8.96. The van der Waals surface area contributed by atoms with Crippen LogP contribution in [0.3, 0.4) is 0 Å². The lowest BCUT2D eigenvalue weighted by atomic mass is 10.0. The van der Waals surface area contributed by atoms with Crippen LogP contribution in [0.4, 0.5) is 30.5 Å². The molecule has 0 atom stereocenters. The molecular weight excluding hydrogens is 593 g/mol. The standard InChI is InChI=1S/C34H37F3N8O/c1-23-6-8-26(16-25(23)9-7-24-18-38-32(39-19-24)42-29-20-40-45(22-29)33(2,3)4)31(46)41-28-11-10-27(30(17-28)34(35,36)37)21-44-14-12-43(5)13-15-44/h6,8,10-11,16-20,22H,12-15,21H2,1-5H3,(H,41,46)(H,38,39,42). The van der Waals surface area contributed by atoms with Crippen LogP contribution in [-0.4, -0.2) is 68.7 Å². The van der Waals surface area contributed by atoms with Gasteiger partial charge < -0.3 is 15.5 Å². The summed E-state index contributed by atoms with van der Waals surface area (Å²) >= 11 is 0. The summed E-state index contributed by atoms with van der Waals surface area (Å²) in [5.41, 5.74) is 2.41. The van der Waals surface area contributed by atoms with Gasteiger partial charge in [-0.15, -0.1) is 0 Å². The minimum atomic E-state index is -4.55. The Kier molecular flexibility index (Phi) is 9.46. The van der Waals surface area contributed by atoms with Gasteiger partial charge in [0, 0.05) is 68.1 Å². The number of halogens is 3. The van der Waals surface area contributed by atoms with E-state index in [4.69, 9.17) is 0 Å². The van der Waals surface area contributed by atoms with E-state index in [-0.39, 0.29) is 28.9 Å². The molecule has 1 amide bonds. The average molecular weight is 631 g/mol. The van der Waals surface area contributed by atoms with E-state index in [0.717, 1.165) is 30.4 Å². The lowest BCUT2D eigenvalue weighted by Crippen LogP contribution is -2.44. The summed E-state index contributed by atoms with van der Waals surface area (Å²) in [4.78, 5) is 25.9. The summed E-state index contributed by atoms with van der Waals surface area (Å²) < 4.78 is 43.9. The quantitative estimate of drug-likeness (QED) is 0.257. The van der Waals surface area contributed by atoms with Crippen molar-refractivity contribution in [3.05, 3.63) is 94.6 Å². The molecule has 46 heavy (non-hydrogen) atoms. The van der Waals surface area contributed by atoms with Crippen LogP contribution in [0.1, 0.15) is 58.9 Å². The molecule has 0 saturated carbocycles. The highest BCUT2D eigenvalue weighted by Crippen LogP contribution is 2.35. The largest absolute Gasteiger partial charge is 0.416 e. The number of anilines is 3. The van der Waals surface area contributed by atoms with Gasteiger partial charge in [-0.05, 0) is 70.1 Å². The number of hydrogen-bond donors (Lipinski definition) is 2. The molecular formula is C34H37F3N8O. The zero-order chi connectivity index (χ0) is 33.1. The molecule has 0 spiro atoms. The van der Waals surface area contributed by atoms with E-state index < -0.39 is 17.6 Å². The Labute approximate surface area is 266 Å². The van der Waals surface area contributed by atoms with E-state index >= 15 is 0 Å². The first-order chi connectivity index (χ1) is 21.7. The lowest BCUT2D eigenvalue weighted by molar-refractivity contribution is -0.138. The molecule has 3 heterocycles. The van der Waals surface area contributed by atoms with Crippen molar-refractivity contribution in [3.63, 3.8) is 0 Å². The first-order valence-corrected chi connectivity index (χ1v) is 14.9. The molecule has 2 N–H and O–H groups in total. The molecule has 5 rings (SSSR count). The van der Waals surface area contributed by atoms with Gasteiger partial charge in [0.2, 0.25) is 5.95 Å². The highest BCUT2D eigenvalue weighted by atomic mass is 19.4. The van der Waals surface area contributed by atoms with Crippen LogP contribution < -0.4 is 10.6 Å². The SMILES string of the molecule is Cc1ccc(C(=O)Nc2ccc(CN3CCN(C)CC3)c(C(F)(F)F)c2)cc1C#Cc1cnc(Nc2cnn(C(C)(C)C)c2)nc1. The normalized spacial score (nSPS) is 14.4. The fourth-order valence-electron chi connectivity index (χ4n) is 4.88. The minimum absolute atomic E-state index is 0.0734. The monoisotopic (exact) mass is 630 g/mol. The predicted octanol–water partition coefficient (Wildman–Crippen LogP) is 5.90. The van der Waals surface area contributed by atoms with Crippen molar-refractivity contribution >= 4 is 23.2 Å². The van der Waals surface area contributed by atoms with Crippen molar-refractivity contribution in [1.29, 1.82) is 0 Å². The molecule has 2 aromatic heterocycles. The summed E-state index contributed by atoms with van der Waals surface area (Å²) in [7, 11) is 2.00. The number of alkyl halides is 3. The number of amides is 1. The second-order valence-electron chi connectivity index (χ2n) is 12.4. The number of carbonyl (C=O) groups is 1. The molecule has 2 aromatic carbocycles. The number of piperazine rings is 1. The van der Waals surface area contributed by atoms with Gasteiger partial charge in [-0.3, -0.25) is 14.4 Å². The Morgan fingerprint density at radius 1 is 0.935 bits per heavy atom. The van der Waals surface area contributed by atoms with Gasteiger partial charge >= 0.3 is 6.18 Å². The molecule has 9 nitrogen and oxygen atoms in total. The van der Waals surface area contributed by atoms with Crippen molar-refractivity contribution in [3.8, 4) is 11.8 Å². The second kappa shape index (κ2) is 13.3. The summed E-state index contributed by atoms with van der Waals surface area (Å²) in [6.45, 7) is 11.2. The van der Waals surface area contributed by atoms with E-state index in [2.05, 4.69) is 63.2 Å². The fourth-order valence-corrected chi connectivity index (χ4v) is 4.88. The molecule has 0 bridgehead atoms. The van der Waals surface area contributed by atoms with Crippen LogP contribution in [0.25, 0.3) is 0 Å². The second-order valence-corrected chi connectivity index (χ2v) is 12.4. The van der Waals surface area contributed by atoms with Crippen LogP contribution in [-0.2, 0) is 18.3 Å². The molecule has 1 aliphatic rings. The van der Waals surface area contributed by atoms with Crippen LogP contribution >= 0.6 is 0 Å². The van der Waals surface area contributed by atoms with Crippen molar-refractivity contribution in [2.24, 2.45) is 0 Å². The number of rotatable bonds is 6. The molecule has 12 heteroatoms. The van der Waals surface area contributed by atoms with Crippen molar-refractivity contribution in [2.45, 2.75) is 46.0 Å². The third-order valence-corrected chi connectivity index (χ3v) is 7.68. The van der Waals surface area contributed by atoms with Crippen LogP contribution in [0.15, 0.2) is 61.2 Å². The number of hydrogen-bond acceptors (Lipinski definition) is 7. The molecule has 0 aliphatic carbocycles. The first kappa shape index (κ1) is 32.7. The topological polar surface area (TPSA) is 91.2 Å². The van der Waals surface area contributed by atoms with Crippen LogP contribution in [0.2, 0.25) is 0 Å². The van der Waals surface area contributed by atoms with E-state index in [1.54, 1.807) is 36.8 Å². The summed E-state index contributed by atoms with van der Waals surface area (Å²) in [5.74, 6) is 5.94. The smallest absolute Gasteiger partial charge is 0.322 e. The highest BCUT2D eigenvalue weighted by molar-refractivity contribution is 6.04. The van der Waals surface area contributed by atoms with Gasteiger partial charge in [0.25, 0.3) is 5.91 Å². The van der Waals surface area contributed by atoms with Gasteiger partial charge in [0.05, 0.1) is 28.6 Å². The van der Waals surface area contributed by atoms with Gasteiger partial charge in [-0.2, -0.15) is 18.3 Å². The van der Waals surface area contributed by atoms with Crippen LogP contribution in [0.5, 0.6) is 0 Å².